The summed E-state index contributed by atoms with van der Waals surface area (Å²) in [5.41, 5.74) is 9.64. The highest BCUT2D eigenvalue weighted by atomic mass is 16.2. The second-order valence-electron chi connectivity index (χ2n) is 8.86. The molecule has 1 aliphatic rings. The van der Waals surface area contributed by atoms with Crippen LogP contribution in [0.4, 0.5) is 0 Å². The molecule has 1 fully saturated rings. The summed E-state index contributed by atoms with van der Waals surface area (Å²) in [6, 6.07) is 19.8. The van der Waals surface area contributed by atoms with E-state index in [0.717, 1.165) is 55.0 Å². The molecule has 3 aromatic rings. The van der Waals surface area contributed by atoms with Crippen LogP contribution >= 0.6 is 0 Å². The summed E-state index contributed by atoms with van der Waals surface area (Å²) in [4.78, 5) is 25.5. The van der Waals surface area contributed by atoms with Crippen molar-refractivity contribution in [3.63, 3.8) is 0 Å². The molecule has 3 N–H and O–H groups in total. The molecular formula is C27H32N6O. The predicted molar refractivity (Wildman–Crippen MR) is 132 cm³/mol. The van der Waals surface area contributed by atoms with Gasteiger partial charge in [0.25, 0.3) is 0 Å². The monoisotopic (exact) mass is 456 g/mol. The normalized spacial score (nSPS) is 15.7. The van der Waals surface area contributed by atoms with Crippen molar-refractivity contribution in [1.29, 1.82) is 5.26 Å². The first-order chi connectivity index (χ1) is 16.7. The first-order valence-electron chi connectivity index (χ1n) is 11.9. The van der Waals surface area contributed by atoms with Crippen molar-refractivity contribution >= 4 is 5.91 Å². The van der Waals surface area contributed by atoms with E-state index in [4.69, 9.17) is 11.0 Å². The number of aromatic amines is 1. The lowest BCUT2D eigenvalue weighted by molar-refractivity contribution is -0.132. The molecule has 2 heterocycles. The molecule has 34 heavy (non-hydrogen) atoms. The minimum absolute atomic E-state index is 0.119. The second-order valence-corrected chi connectivity index (χ2v) is 8.86. The SMILES string of the molecule is N#Cc1ccc(Cc2ncc(CN(CCCCN)C3CCN(Cc4ccccc4)C3=O)[nH]2)cc1. The number of likely N-dealkylation sites (tertiary alicyclic amines) is 1. The number of nitrogens with zero attached hydrogens (tertiary/aromatic N) is 4. The number of benzene rings is 2. The molecule has 1 unspecified atom stereocenters. The summed E-state index contributed by atoms with van der Waals surface area (Å²) < 4.78 is 0. The molecule has 1 aromatic heterocycles. The standard InChI is InChI=1S/C27H32N6O/c28-13-4-5-14-32(25-12-15-33(27(25)34)19-23-6-2-1-3-7-23)20-24-18-30-26(31-24)16-21-8-10-22(17-29)11-9-21/h1-3,6-11,18,25H,4-5,12-16,19-20,28H2,(H,30,31). The molecule has 7 heteroatoms. The predicted octanol–water partition coefficient (Wildman–Crippen LogP) is 3.21. The van der Waals surface area contributed by atoms with Crippen LogP contribution in [0, 0.1) is 11.3 Å². The number of nitrogens with one attached hydrogen (secondary N) is 1. The first-order valence-corrected chi connectivity index (χ1v) is 11.9. The van der Waals surface area contributed by atoms with Crippen LogP contribution in [-0.2, 0) is 24.3 Å². The van der Waals surface area contributed by atoms with E-state index in [0.29, 0.717) is 31.6 Å². The summed E-state index contributed by atoms with van der Waals surface area (Å²) in [6.45, 7) is 3.58. The van der Waals surface area contributed by atoms with Crippen molar-refractivity contribution in [2.24, 2.45) is 5.73 Å². The Bertz CT molecular complexity index is 1100. The van der Waals surface area contributed by atoms with Crippen LogP contribution in [0.25, 0.3) is 0 Å². The number of nitrogens with two attached hydrogens (primary N) is 1. The molecule has 1 saturated heterocycles. The molecule has 0 spiro atoms. The molecule has 0 saturated carbocycles. The molecule has 7 nitrogen and oxygen atoms in total. The number of nitriles is 1. The second kappa shape index (κ2) is 11.6. The highest BCUT2D eigenvalue weighted by Crippen LogP contribution is 2.22. The van der Waals surface area contributed by atoms with Crippen molar-refractivity contribution in [3.8, 4) is 6.07 Å². The number of amides is 1. The third-order valence-electron chi connectivity index (χ3n) is 6.33. The summed E-state index contributed by atoms with van der Waals surface area (Å²) in [5.74, 6) is 1.08. The fourth-order valence-electron chi connectivity index (χ4n) is 4.51. The maximum Gasteiger partial charge on any atom is 0.240 e. The Morgan fingerprint density at radius 2 is 1.91 bits per heavy atom. The molecule has 1 atom stereocenters. The van der Waals surface area contributed by atoms with Gasteiger partial charge in [-0.2, -0.15) is 5.26 Å². The van der Waals surface area contributed by atoms with Crippen LogP contribution in [0.2, 0.25) is 0 Å². The molecule has 2 aromatic carbocycles. The van der Waals surface area contributed by atoms with Gasteiger partial charge in [0, 0.05) is 37.9 Å². The van der Waals surface area contributed by atoms with Crippen LogP contribution in [0.5, 0.6) is 0 Å². The lowest BCUT2D eigenvalue weighted by Crippen LogP contribution is -2.42. The van der Waals surface area contributed by atoms with Crippen LogP contribution in [0.1, 0.15) is 47.5 Å². The summed E-state index contributed by atoms with van der Waals surface area (Å²) in [7, 11) is 0. The van der Waals surface area contributed by atoms with E-state index >= 15 is 0 Å². The quantitative estimate of drug-likeness (QED) is 0.432. The number of H-pyrrole nitrogens is 1. The van der Waals surface area contributed by atoms with E-state index in [2.05, 4.69) is 33.1 Å². The number of unbranched alkanes of at least 4 members (excludes halogenated alkanes) is 1. The van der Waals surface area contributed by atoms with Crippen LogP contribution in [0.3, 0.4) is 0 Å². The molecule has 0 bridgehead atoms. The van der Waals surface area contributed by atoms with Crippen molar-refractivity contribution in [1.82, 2.24) is 19.8 Å². The van der Waals surface area contributed by atoms with Gasteiger partial charge in [0.1, 0.15) is 5.82 Å². The molecule has 0 radical (unpaired) electrons. The Morgan fingerprint density at radius 1 is 1.12 bits per heavy atom. The van der Waals surface area contributed by atoms with Crippen molar-refractivity contribution < 1.29 is 4.79 Å². The van der Waals surface area contributed by atoms with E-state index in [1.807, 2.05) is 53.6 Å². The van der Waals surface area contributed by atoms with Gasteiger partial charge < -0.3 is 15.6 Å². The van der Waals surface area contributed by atoms with Crippen molar-refractivity contribution in [2.75, 3.05) is 19.6 Å². The number of hydrogen-bond donors (Lipinski definition) is 2. The molecule has 176 valence electrons. The van der Waals surface area contributed by atoms with Gasteiger partial charge in [0.05, 0.1) is 17.7 Å². The Hall–Kier alpha value is -3.47. The van der Waals surface area contributed by atoms with Crippen molar-refractivity contribution in [3.05, 3.63) is 89.0 Å². The number of hydrogen-bond acceptors (Lipinski definition) is 5. The van der Waals surface area contributed by atoms with E-state index < -0.39 is 0 Å². The summed E-state index contributed by atoms with van der Waals surface area (Å²) in [5, 5.41) is 8.97. The maximum atomic E-state index is 13.3. The first kappa shape index (κ1) is 23.7. The van der Waals surface area contributed by atoms with Crippen LogP contribution in [-0.4, -0.2) is 51.4 Å². The number of carbonyl (C=O) groups excluding carboxylic acids is 1. The Labute approximate surface area is 201 Å². The van der Waals surface area contributed by atoms with Gasteiger partial charge in [-0.3, -0.25) is 9.69 Å². The molecule has 1 amide bonds. The van der Waals surface area contributed by atoms with Crippen LogP contribution in [0.15, 0.2) is 60.8 Å². The zero-order valence-electron chi connectivity index (χ0n) is 19.5. The number of rotatable bonds is 11. The topological polar surface area (TPSA) is 102 Å². The molecule has 1 aliphatic heterocycles. The lowest BCUT2D eigenvalue weighted by Gasteiger charge is -2.27. The molecular weight excluding hydrogens is 424 g/mol. The van der Waals surface area contributed by atoms with E-state index in [1.54, 1.807) is 0 Å². The summed E-state index contributed by atoms with van der Waals surface area (Å²) >= 11 is 0. The third kappa shape index (κ3) is 6.10. The minimum atomic E-state index is -0.119. The number of carbonyl (C=O) groups is 1. The smallest absolute Gasteiger partial charge is 0.240 e. The maximum absolute atomic E-state index is 13.3. The van der Waals surface area contributed by atoms with Gasteiger partial charge in [-0.1, -0.05) is 42.5 Å². The van der Waals surface area contributed by atoms with Gasteiger partial charge in [-0.05, 0) is 55.6 Å². The highest BCUT2D eigenvalue weighted by molar-refractivity contribution is 5.84. The van der Waals surface area contributed by atoms with E-state index in [9.17, 15) is 4.79 Å². The van der Waals surface area contributed by atoms with Gasteiger partial charge in [0.15, 0.2) is 0 Å². The van der Waals surface area contributed by atoms with Crippen LogP contribution < -0.4 is 5.73 Å². The van der Waals surface area contributed by atoms with Gasteiger partial charge in [-0.25, -0.2) is 4.98 Å². The van der Waals surface area contributed by atoms with Gasteiger partial charge >= 0.3 is 0 Å². The fraction of sp³-hybridized carbons (Fsp3) is 0.370. The number of imidazole rings is 1. The Balaban J connectivity index is 1.41. The average molecular weight is 457 g/mol. The average Bonchev–Trinajstić information content (AvgIpc) is 3.46. The van der Waals surface area contributed by atoms with Gasteiger partial charge in [0.2, 0.25) is 5.91 Å². The molecule has 0 aliphatic carbocycles. The van der Waals surface area contributed by atoms with Crippen molar-refractivity contribution in [2.45, 2.75) is 44.8 Å². The molecule has 4 rings (SSSR count). The third-order valence-corrected chi connectivity index (χ3v) is 6.33. The number of aromatic nitrogens is 2. The Morgan fingerprint density at radius 3 is 2.65 bits per heavy atom. The van der Waals surface area contributed by atoms with E-state index in [1.165, 1.54) is 0 Å². The largest absolute Gasteiger partial charge is 0.345 e. The lowest BCUT2D eigenvalue weighted by atomic mass is 10.1. The zero-order valence-corrected chi connectivity index (χ0v) is 19.5. The Kier molecular flexibility index (Phi) is 8.08. The summed E-state index contributed by atoms with van der Waals surface area (Å²) in [6.07, 6.45) is 5.28. The van der Waals surface area contributed by atoms with E-state index in [-0.39, 0.29) is 11.9 Å². The minimum Gasteiger partial charge on any atom is -0.345 e. The highest BCUT2D eigenvalue weighted by Gasteiger charge is 2.35. The zero-order chi connectivity index (χ0) is 23.8. The van der Waals surface area contributed by atoms with Gasteiger partial charge in [-0.15, -0.1) is 0 Å². The fourth-order valence-corrected chi connectivity index (χ4v) is 4.51.